The third-order valence-corrected chi connectivity index (χ3v) is 1.89. The Morgan fingerprint density at radius 1 is 1.67 bits per heavy atom. The van der Waals surface area contributed by atoms with Crippen LogP contribution in [0.4, 0.5) is 0 Å². The molecule has 1 fully saturated rings. The van der Waals surface area contributed by atoms with E-state index < -0.39 is 0 Å². The first kappa shape index (κ1) is 9.34. The van der Waals surface area contributed by atoms with Gasteiger partial charge in [-0.3, -0.25) is 0 Å². The van der Waals surface area contributed by atoms with Crippen molar-refractivity contribution in [2.24, 2.45) is 5.92 Å². The molecular formula is C8H13Li. The molecule has 0 aliphatic heterocycles. The van der Waals surface area contributed by atoms with Gasteiger partial charge in [0.15, 0.2) is 0 Å². The van der Waals surface area contributed by atoms with E-state index in [2.05, 4.69) is 13.5 Å². The molecule has 0 radical (unpaired) electrons. The first-order valence-electron chi connectivity index (χ1n) is 3.29. The van der Waals surface area contributed by atoms with Gasteiger partial charge in [-0.1, -0.05) is 18.1 Å². The summed E-state index contributed by atoms with van der Waals surface area (Å²) < 4.78 is 0. The van der Waals surface area contributed by atoms with Crippen LogP contribution in [0.1, 0.15) is 25.7 Å². The van der Waals surface area contributed by atoms with Crippen LogP contribution in [-0.2, 0) is 0 Å². The standard InChI is InChI=1S/C8H13.Li/c1-3-8-5-4-7(2)6-8;/h8H,1-6H2;/q-1;+1. The van der Waals surface area contributed by atoms with E-state index in [1.807, 2.05) is 0 Å². The fourth-order valence-electron chi connectivity index (χ4n) is 1.27. The van der Waals surface area contributed by atoms with Crippen molar-refractivity contribution >= 4 is 0 Å². The molecule has 0 N–H and O–H groups in total. The molecule has 1 saturated carbocycles. The number of rotatable bonds is 1. The Hall–Kier alpha value is 0.337. The van der Waals surface area contributed by atoms with Gasteiger partial charge in [0.1, 0.15) is 0 Å². The van der Waals surface area contributed by atoms with Gasteiger partial charge in [-0.05, 0) is 19.3 Å². The van der Waals surface area contributed by atoms with Crippen molar-refractivity contribution in [3.63, 3.8) is 0 Å². The summed E-state index contributed by atoms with van der Waals surface area (Å²) in [4.78, 5) is 0. The van der Waals surface area contributed by atoms with Crippen LogP contribution in [0.3, 0.4) is 0 Å². The molecule has 1 atom stereocenters. The van der Waals surface area contributed by atoms with Crippen molar-refractivity contribution in [1.82, 2.24) is 0 Å². The molecule has 0 bridgehead atoms. The minimum Gasteiger partial charge on any atom is -0.343 e. The molecule has 0 nitrogen and oxygen atoms in total. The van der Waals surface area contributed by atoms with Crippen LogP contribution < -0.4 is 18.9 Å². The predicted octanol–water partition coefficient (Wildman–Crippen LogP) is -0.429. The van der Waals surface area contributed by atoms with E-state index in [0.29, 0.717) is 0 Å². The van der Waals surface area contributed by atoms with E-state index in [-0.39, 0.29) is 18.9 Å². The first-order chi connectivity index (χ1) is 3.83. The monoisotopic (exact) mass is 116 g/mol. The van der Waals surface area contributed by atoms with E-state index in [4.69, 9.17) is 0 Å². The average molecular weight is 116 g/mol. The van der Waals surface area contributed by atoms with Crippen molar-refractivity contribution in [1.29, 1.82) is 0 Å². The quantitative estimate of drug-likeness (QED) is 0.248. The SMILES string of the molecule is C=C1CCC(C[CH2-])C1.[Li+]. The summed E-state index contributed by atoms with van der Waals surface area (Å²) in [5, 5.41) is 0. The molecule has 1 aliphatic rings. The van der Waals surface area contributed by atoms with Gasteiger partial charge in [0, 0.05) is 0 Å². The van der Waals surface area contributed by atoms with Crippen LogP contribution in [0.5, 0.6) is 0 Å². The molecule has 1 aliphatic carbocycles. The van der Waals surface area contributed by atoms with Gasteiger partial charge in [-0.2, -0.15) is 6.42 Å². The average Bonchev–Trinajstić information content (AvgIpc) is 2.14. The predicted molar refractivity (Wildman–Crippen MR) is 36.5 cm³/mol. The number of hydrogen-bond acceptors (Lipinski definition) is 0. The van der Waals surface area contributed by atoms with Gasteiger partial charge in [0.2, 0.25) is 0 Å². The van der Waals surface area contributed by atoms with E-state index >= 15 is 0 Å². The van der Waals surface area contributed by atoms with Crippen molar-refractivity contribution in [2.45, 2.75) is 25.7 Å². The summed E-state index contributed by atoms with van der Waals surface area (Å²) in [5.74, 6) is 0.863. The molecule has 0 amide bonds. The van der Waals surface area contributed by atoms with Gasteiger partial charge in [-0.15, -0.1) is 0 Å². The molecule has 1 unspecified atom stereocenters. The van der Waals surface area contributed by atoms with Crippen molar-refractivity contribution < 1.29 is 18.9 Å². The maximum Gasteiger partial charge on any atom is 1.00 e. The number of hydrogen-bond donors (Lipinski definition) is 0. The molecule has 1 rings (SSSR count). The van der Waals surface area contributed by atoms with E-state index in [1.165, 1.54) is 24.8 Å². The molecular weight excluding hydrogens is 103 g/mol. The normalized spacial score (nSPS) is 25.9. The van der Waals surface area contributed by atoms with Gasteiger partial charge < -0.3 is 6.92 Å². The molecule has 0 spiro atoms. The third-order valence-electron chi connectivity index (χ3n) is 1.89. The van der Waals surface area contributed by atoms with Gasteiger partial charge in [0.05, 0.1) is 0 Å². The van der Waals surface area contributed by atoms with Crippen LogP contribution in [0.25, 0.3) is 0 Å². The minimum atomic E-state index is 0. The van der Waals surface area contributed by atoms with Crippen LogP contribution in [0, 0.1) is 12.8 Å². The van der Waals surface area contributed by atoms with Crippen LogP contribution >= 0.6 is 0 Å². The Kier molecular flexibility index (Phi) is 4.36. The smallest absolute Gasteiger partial charge is 0.343 e. The summed E-state index contributed by atoms with van der Waals surface area (Å²) in [6.07, 6.45) is 4.92. The third kappa shape index (κ3) is 2.61. The van der Waals surface area contributed by atoms with Gasteiger partial charge >= 0.3 is 18.9 Å². The Labute approximate surface area is 69.9 Å². The van der Waals surface area contributed by atoms with E-state index in [0.717, 1.165) is 12.3 Å². The Morgan fingerprint density at radius 2 is 2.33 bits per heavy atom. The number of allylic oxidation sites excluding steroid dienone is 1. The first-order valence-corrected chi connectivity index (χ1v) is 3.29. The summed E-state index contributed by atoms with van der Waals surface area (Å²) in [5.41, 5.74) is 1.43. The molecule has 0 aromatic carbocycles. The zero-order valence-electron chi connectivity index (χ0n) is 6.32. The fraction of sp³-hybridized carbons (Fsp3) is 0.625. The van der Waals surface area contributed by atoms with Gasteiger partial charge in [0.25, 0.3) is 0 Å². The topological polar surface area (TPSA) is 0 Å². The second-order valence-corrected chi connectivity index (χ2v) is 2.65. The largest absolute Gasteiger partial charge is 1.00 e. The molecule has 0 aromatic rings. The van der Waals surface area contributed by atoms with Crippen molar-refractivity contribution in [3.8, 4) is 0 Å². The van der Waals surface area contributed by atoms with Crippen molar-refractivity contribution in [2.75, 3.05) is 0 Å². The van der Waals surface area contributed by atoms with Crippen LogP contribution in [-0.4, -0.2) is 0 Å². The summed E-state index contributed by atoms with van der Waals surface area (Å²) >= 11 is 0. The molecule has 0 aromatic heterocycles. The Bertz CT molecular complexity index is 96.7. The molecule has 0 saturated heterocycles. The fourth-order valence-corrected chi connectivity index (χ4v) is 1.27. The second-order valence-electron chi connectivity index (χ2n) is 2.65. The maximum atomic E-state index is 3.92. The van der Waals surface area contributed by atoms with Gasteiger partial charge in [-0.25, -0.2) is 0 Å². The molecule has 46 valence electrons. The minimum absolute atomic E-state index is 0. The zero-order chi connectivity index (χ0) is 5.98. The molecule has 1 heteroatoms. The van der Waals surface area contributed by atoms with Crippen LogP contribution in [0.2, 0.25) is 0 Å². The Balaban J connectivity index is 0.000000640. The summed E-state index contributed by atoms with van der Waals surface area (Å²) in [6.45, 7) is 7.79. The van der Waals surface area contributed by atoms with Crippen LogP contribution in [0.15, 0.2) is 12.2 Å². The van der Waals surface area contributed by atoms with E-state index in [1.54, 1.807) is 0 Å². The zero-order valence-corrected chi connectivity index (χ0v) is 6.32. The van der Waals surface area contributed by atoms with E-state index in [9.17, 15) is 0 Å². The molecule has 9 heavy (non-hydrogen) atoms. The summed E-state index contributed by atoms with van der Waals surface area (Å²) in [6, 6.07) is 0. The maximum absolute atomic E-state index is 3.92. The van der Waals surface area contributed by atoms with Crippen molar-refractivity contribution in [3.05, 3.63) is 19.1 Å². The summed E-state index contributed by atoms with van der Waals surface area (Å²) in [7, 11) is 0. The Morgan fingerprint density at radius 3 is 2.56 bits per heavy atom. The molecule has 0 heterocycles. The second kappa shape index (κ2) is 4.20.